The number of halogens is 3. The second-order valence-electron chi connectivity index (χ2n) is 5.83. The van der Waals surface area contributed by atoms with Gasteiger partial charge in [-0.2, -0.15) is 18.3 Å². The number of hydrogen-bond donors (Lipinski definition) is 2. The lowest BCUT2D eigenvalue weighted by atomic mass is 10.1. The fraction of sp³-hybridized carbons (Fsp3) is 0.118. The molecule has 0 saturated heterocycles. The van der Waals surface area contributed by atoms with Crippen LogP contribution in [-0.4, -0.2) is 23.5 Å². The molecule has 0 aliphatic carbocycles. The SMILES string of the molecule is NS(=O)(=O)c1ccc(-n2nc(C(F)(F)F)cc2-c2ccc(COO)cc2)cc1. The third kappa shape index (κ3) is 4.22. The molecule has 148 valence electrons. The number of nitrogens with two attached hydrogens (primary N) is 1. The highest BCUT2D eigenvalue weighted by Crippen LogP contribution is 2.33. The summed E-state index contributed by atoms with van der Waals surface area (Å²) in [5.41, 5.74) is 0.319. The van der Waals surface area contributed by atoms with Crippen molar-refractivity contribution in [2.45, 2.75) is 17.7 Å². The van der Waals surface area contributed by atoms with Crippen LogP contribution in [0.5, 0.6) is 0 Å². The van der Waals surface area contributed by atoms with E-state index in [1.165, 1.54) is 24.3 Å². The quantitative estimate of drug-likeness (QED) is 0.493. The lowest BCUT2D eigenvalue weighted by Gasteiger charge is -2.09. The Bertz CT molecular complexity index is 1080. The Morgan fingerprint density at radius 3 is 2.18 bits per heavy atom. The van der Waals surface area contributed by atoms with Crippen molar-refractivity contribution in [2.75, 3.05) is 0 Å². The lowest BCUT2D eigenvalue weighted by molar-refractivity contribution is -0.253. The predicted molar refractivity (Wildman–Crippen MR) is 92.8 cm³/mol. The number of nitrogens with zero attached hydrogens (tertiary/aromatic N) is 2. The Balaban J connectivity index is 2.10. The van der Waals surface area contributed by atoms with Gasteiger partial charge in [-0.1, -0.05) is 24.3 Å². The van der Waals surface area contributed by atoms with Gasteiger partial charge in [0.15, 0.2) is 5.69 Å². The number of rotatable bonds is 5. The molecular weight excluding hydrogens is 399 g/mol. The number of benzene rings is 2. The van der Waals surface area contributed by atoms with Gasteiger partial charge in [0.2, 0.25) is 10.0 Å². The van der Waals surface area contributed by atoms with Crippen LogP contribution in [-0.2, 0) is 27.7 Å². The van der Waals surface area contributed by atoms with Crippen molar-refractivity contribution in [1.29, 1.82) is 0 Å². The van der Waals surface area contributed by atoms with Gasteiger partial charge in [-0.05, 0) is 35.9 Å². The number of primary sulfonamides is 1. The molecule has 0 radical (unpaired) electrons. The van der Waals surface area contributed by atoms with Crippen LogP contribution in [0.1, 0.15) is 11.3 Å². The molecule has 3 aromatic rings. The van der Waals surface area contributed by atoms with Crippen molar-refractivity contribution >= 4 is 10.0 Å². The zero-order valence-electron chi connectivity index (χ0n) is 14.1. The topological polar surface area (TPSA) is 107 Å². The molecule has 1 heterocycles. The smallest absolute Gasteiger partial charge is 0.251 e. The minimum absolute atomic E-state index is 0.0671. The molecule has 0 aliphatic rings. The molecule has 0 fully saturated rings. The van der Waals surface area contributed by atoms with Crippen LogP contribution in [0.2, 0.25) is 0 Å². The first kappa shape index (κ1) is 20.0. The molecule has 0 bridgehead atoms. The zero-order valence-corrected chi connectivity index (χ0v) is 14.9. The Kier molecular flexibility index (Phi) is 5.26. The maximum Gasteiger partial charge on any atom is 0.435 e. The van der Waals surface area contributed by atoms with Gasteiger partial charge >= 0.3 is 6.18 Å². The highest BCUT2D eigenvalue weighted by atomic mass is 32.2. The molecule has 0 unspecified atom stereocenters. The molecule has 2 aromatic carbocycles. The van der Waals surface area contributed by atoms with E-state index in [9.17, 15) is 21.6 Å². The summed E-state index contributed by atoms with van der Waals surface area (Å²) >= 11 is 0. The second kappa shape index (κ2) is 7.36. The summed E-state index contributed by atoms with van der Waals surface area (Å²) in [6.07, 6.45) is -4.66. The number of sulfonamides is 1. The molecule has 0 spiro atoms. The summed E-state index contributed by atoms with van der Waals surface area (Å²) in [5.74, 6) is 0. The molecule has 7 nitrogen and oxygen atoms in total. The monoisotopic (exact) mass is 413 g/mol. The van der Waals surface area contributed by atoms with E-state index < -0.39 is 21.9 Å². The van der Waals surface area contributed by atoms with Crippen molar-refractivity contribution in [3.05, 3.63) is 65.9 Å². The maximum absolute atomic E-state index is 13.2. The molecule has 0 aliphatic heterocycles. The fourth-order valence-corrected chi connectivity index (χ4v) is 3.06. The Hall–Kier alpha value is -2.73. The van der Waals surface area contributed by atoms with E-state index in [2.05, 4.69) is 9.99 Å². The molecule has 3 rings (SSSR count). The van der Waals surface area contributed by atoms with Crippen LogP contribution >= 0.6 is 0 Å². The first-order valence-electron chi connectivity index (χ1n) is 7.76. The molecule has 0 saturated carbocycles. The van der Waals surface area contributed by atoms with E-state index in [4.69, 9.17) is 10.4 Å². The summed E-state index contributed by atoms with van der Waals surface area (Å²) in [6, 6.07) is 12.2. The highest BCUT2D eigenvalue weighted by Gasteiger charge is 2.35. The van der Waals surface area contributed by atoms with Crippen LogP contribution < -0.4 is 5.14 Å². The minimum atomic E-state index is -4.66. The van der Waals surface area contributed by atoms with E-state index in [-0.39, 0.29) is 22.9 Å². The summed E-state index contributed by atoms with van der Waals surface area (Å²) in [6.45, 7) is -0.0671. The Morgan fingerprint density at radius 1 is 1.07 bits per heavy atom. The van der Waals surface area contributed by atoms with Gasteiger partial charge in [-0.3, -0.25) is 5.26 Å². The molecule has 1 aromatic heterocycles. The van der Waals surface area contributed by atoms with E-state index in [0.717, 1.165) is 10.7 Å². The van der Waals surface area contributed by atoms with Crippen LogP contribution in [0.15, 0.2) is 59.5 Å². The number of alkyl halides is 3. The van der Waals surface area contributed by atoms with Crippen LogP contribution in [0.4, 0.5) is 13.2 Å². The minimum Gasteiger partial charge on any atom is -0.251 e. The van der Waals surface area contributed by atoms with Crippen LogP contribution in [0.25, 0.3) is 16.9 Å². The molecule has 28 heavy (non-hydrogen) atoms. The fourth-order valence-electron chi connectivity index (χ4n) is 2.55. The average molecular weight is 413 g/mol. The van der Waals surface area contributed by atoms with E-state index >= 15 is 0 Å². The van der Waals surface area contributed by atoms with Gasteiger partial charge < -0.3 is 0 Å². The van der Waals surface area contributed by atoms with Gasteiger partial charge in [0, 0.05) is 5.56 Å². The third-order valence-electron chi connectivity index (χ3n) is 3.89. The van der Waals surface area contributed by atoms with Crippen LogP contribution in [0.3, 0.4) is 0 Å². The zero-order chi connectivity index (χ0) is 20.5. The van der Waals surface area contributed by atoms with Gasteiger partial charge in [0.1, 0.15) is 6.61 Å². The molecule has 0 atom stereocenters. The van der Waals surface area contributed by atoms with Crippen molar-refractivity contribution < 1.29 is 31.7 Å². The largest absolute Gasteiger partial charge is 0.435 e. The highest BCUT2D eigenvalue weighted by molar-refractivity contribution is 7.89. The summed E-state index contributed by atoms with van der Waals surface area (Å²) in [7, 11) is -3.93. The average Bonchev–Trinajstić information content (AvgIpc) is 3.08. The predicted octanol–water partition coefficient (Wildman–Crippen LogP) is 3.20. The molecule has 3 N–H and O–H groups in total. The first-order chi connectivity index (χ1) is 13.1. The first-order valence-corrected chi connectivity index (χ1v) is 9.30. The normalized spacial score (nSPS) is 12.3. The third-order valence-corrected chi connectivity index (χ3v) is 4.82. The number of aromatic nitrogens is 2. The van der Waals surface area contributed by atoms with Crippen molar-refractivity contribution in [2.24, 2.45) is 5.14 Å². The Morgan fingerprint density at radius 2 is 1.68 bits per heavy atom. The molecule has 0 amide bonds. The van der Waals surface area contributed by atoms with E-state index in [1.807, 2.05) is 0 Å². The van der Waals surface area contributed by atoms with Gasteiger partial charge in [-0.15, -0.1) is 0 Å². The van der Waals surface area contributed by atoms with Gasteiger partial charge in [0.25, 0.3) is 0 Å². The Labute approximate surface area is 157 Å². The van der Waals surface area contributed by atoms with Gasteiger partial charge in [0.05, 0.1) is 16.3 Å². The molecule has 11 heteroatoms. The summed E-state index contributed by atoms with van der Waals surface area (Å²) in [4.78, 5) is 3.86. The summed E-state index contributed by atoms with van der Waals surface area (Å²) in [5, 5.41) is 17.1. The van der Waals surface area contributed by atoms with Gasteiger partial charge in [-0.25, -0.2) is 23.1 Å². The van der Waals surface area contributed by atoms with E-state index in [1.54, 1.807) is 24.3 Å². The summed E-state index contributed by atoms with van der Waals surface area (Å²) < 4.78 is 63.3. The van der Waals surface area contributed by atoms with Crippen molar-refractivity contribution in [1.82, 2.24) is 9.78 Å². The molecular formula is C17H14F3N3O4S. The van der Waals surface area contributed by atoms with Crippen molar-refractivity contribution in [3.8, 4) is 16.9 Å². The maximum atomic E-state index is 13.2. The van der Waals surface area contributed by atoms with Crippen LogP contribution in [0, 0.1) is 0 Å². The lowest BCUT2D eigenvalue weighted by Crippen LogP contribution is -2.12. The van der Waals surface area contributed by atoms with E-state index in [0.29, 0.717) is 11.1 Å². The van der Waals surface area contributed by atoms with Crippen molar-refractivity contribution in [3.63, 3.8) is 0 Å². The standard InChI is InChI=1S/C17H14F3N3O4S/c18-17(19,20)16-9-15(12-3-1-11(2-4-12)10-27-24)23(22-16)13-5-7-14(8-6-13)28(21,25)26/h1-9,24H,10H2,(H2,21,25,26). The second-order valence-corrected chi connectivity index (χ2v) is 7.40. The number of hydrogen-bond acceptors (Lipinski definition) is 5.